The molecule has 3 nitrogen and oxygen atoms in total. The maximum atomic E-state index is 9.54. The summed E-state index contributed by atoms with van der Waals surface area (Å²) in [7, 11) is 0. The third-order valence-electron chi connectivity index (χ3n) is 11.0. The Bertz CT molecular complexity index is 2640. The molecular formula is C51H35N3. The highest BCUT2D eigenvalue weighted by Gasteiger charge is 2.45. The molecule has 8 aromatic rings. The molecule has 0 aromatic heterocycles. The third-order valence-corrected chi connectivity index (χ3v) is 11.0. The highest BCUT2D eigenvalue weighted by molar-refractivity contribution is 5.90. The Labute approximate surface area is 316 Å². The number of hydrogen-bond donors (Lipinski definition) is 0. The van der Waals surface area contributed by atoms with Gasteiger partial charge in [0.15, 0.2) is 0 Å². The van der Waals surface area contributed by atoms with Crippen LogP contribution in [0.25, 0.3) is 33.4 Å². The topological polar surface area (TPSA) is 30.3 Å². The van der Waals surface area contributed by atoms with E-state index in [1.165, 1.54) is 56.0 Å². The van der Waals surface area contributed by atoms with Gasteiger partial charge in [0, 0.05) is 23.0 Å². The molecule has 54 heavy (non-hydrogen) atoms. The normalized spacial score (nSPS) is 15.3. The molecule has 3 heteroatoms. The fraction of sp³-hybridized carbons (Fsp3) is 0.0392. The lowest BCUT2D eigenvalue weighted by Crippen LogP contribution is -2.22. The van der Waals surface area contributed by atoms with E-state index in [9.17, 15) is 5.26 Å². The molecule has 2 heterocycles. The van der Waals surface area contributed by atoms with E-state index in [1.807, 2.05) is 18.2 Å². The standard InChI is InChI=1S/C51H35N3/c52-34-35-14-13-19-39(30-35)38-26-28-42(29-27-38)54-48-24-11-8-21-45(48)50-44-20-7-10-23-47(44)53(49-25-12-9-22-46(49)51(50)54)43-32-40(36-15-3-1-4-16-36)31-41(33-43)37-17-5-2-6-18-37/h1-33,50-51H. The average Bonchev–Trinajstić information content (AvgIpc) is 3.53. The molecule has 0 aliphatic carbocycles. The SMILES string of the molecule is N#Cc1cccc(-c2ccc(N3c4ccccc4C4c5ccccc5N(c5cc(-c6ccccc6)cc(-c6ccccc6)c5)c5ccccc5C43)cc2)c1. The predicted molar refractivity (Wildman–Crippen MR) is 222 cm³/mol. The minimum absolute atomic E-state index is 0.00316. The molecule has 2 aliphatic rings. The van der Waals surface area contributed by atoms with Crippen LogP contribution in [-0.2, 0) is 0 Å². The monoisotopic (exact) mass is 689 g/mol. The molecule has 0 radical (unpaired) electrons. The predicted octanol–water partition coefficient (Wildman–Crippen LogP) is 13.4. The van der Waals surface area contributed by atoms with Gasteiger partial charge in [-0.25, -0.2) is 0 Å². The van der Waals surface area contributed by atoms with Crippen molar-refractivity contribution in [1.29, 1.82) is 5.26 Å². The van der Waals surface area contributed by atoms with Crippen molar-refractivity contribution in [1.82, 2.24) is 0 Å². The second-order valence-electron chi connectivity index (χ2n) is 14.0. The number of para-hydroxylation sites is 3. The van der Waals surface area contributed by atoms with Gasteiger partial charge in [-0.2, -0.15) is 5.26 Å². The van der Waals surface area contributed by atoms with Crippen LogP contribution in [-0.4, -0.2) is 0 Å². The van der Waals surface area contributed by atoms with E-state index >= 15 is 0 Å². The van der Waals surface area contributed by atoms with E-state index in [4.69, 9.17) is 0 Å². The number of nitrogens with zero attached hydrogens (tertiary/aromatic N) is 3. The first kappa shape index (κ1) is 31.6. The maximum absolute atomic E-state index is 9.54. The van der Waals surface area contributed by atoms with Gasteiger partial charge in [0.05, 0.1) is 29.0 Å². The number of rotatable bonds is 5. The Hall–Kier alpha value is -7.15. The number of fused-ring (bicyclic) bond motifs is 7. The summed E-state index contributed by atoms with van der Waals surface area (Å²) in [5.41, 5.74) is 17.2. The zero-order valence-corrected chi connectivity index (χ0v) is 29.5. The Morgan fingerprint density at radius 1 is 0.370 bits per heavy atom. The molecule has 0 saturated carbocycles. The third kappa shape index (κ3) is 5.28. The van der Waals surface area contributed by atoms with Crippen molar-refractivity contribution in [3.05, 3.63) is 222 Å². The van der Waals surface area contributed by atoms with Crippen molar-refractivity contribution in [3.8, 4) is 39.4 Å². The highest BCUT2D eigenvalue weighted by atomic mass is 15.2. The summed E-state index contributed by atoms with van der Waals surface area (Å²) >= 11 is 0. The Morgan fingerprint density at radius 3 is 1.50 bits per heavy atom. The molecule has 0 spiro atoms. The van der Waals surface area contributed by atoms with Crippen LogP contribution in [0.1, 0.15) is 34.2 Å². The number of anilines is 5. The minimum atomic E-state index is 0.00316. The van der Waals surface area contributed by atoms with Crippen molar-refractivity contribution in [2.24, 2.45) is 0 Å². The van der Waals surface area contributed by atoms with Gasteiger partial charge in [-0.05, 0) is 111 Å². The van der Waals surface area contributed by atoms with Gasteiger partial charge in [-0.1, -0.05) is 140 Å². The second kappa shape index (κ2) is 13.1. The van der Waals surface area contributed by atoms with Crippen LogP contribution < -0.4 is 9.80 Å². The summed E-state index contributed by atoms with van der Waals surface area (Å²) in [5, 5.41) is 9.54. The van der Waals surface area contributed by atoms with Crippen molar-refractivity contribution >= 4 is 28.4 Å². The van der Waals surface area contributed by atoms with E-state index in [0.717, 1.165) is 22.5 Å². The smallest absolute Gasteiger partial charge is 0.0991 e. The van der Waals surface area contributed by atoms with Gasteiger partial charge in [0.1, 0.15) is 0 Å². The van der Waals surface area contributed by atoms with Gasteiger partial charge < -0.3 is 9.80 Å². The van der Waals surface area contributed by atoms with Gasteiger partial charge in [0.25, 0.3) is 0 Å². The molecule has 2 atom stereocenters. The molecule has 0 bridgehead atoms. The van der Waals surface area contributed by atoms with E-state index in [1.54, 1.807) is 0 Å². The van der Waals surface area contributed by atoms with Crippen molar-refractivity contribution in [2.45, 2.75) is 12.0 Å². The van der Waals surface area contributed by atoms with Gasteiger partial charge in [0.2, 0.25) is 0 Å². The number of hydrogen-bond acceptors (Lipinski definition) is 3. The summed E-state index contributed by atoms with van der Waals surface area (Å²) in [4.78, 5) is 5.04. The van der Waals surface area contributed by atoms with Crippen LogP contribution in [0.15, 0.2) is 200 Å². The Kier molecular flexibility index (Phi) is 7.67. The largest absolute Gasteiger partial charge is 0.333 e. The zero-order valence-electron chi connectivity index (χ0n) is 29.5. The quantitative estimate of drug-likeness (QED) is 0.180. The Morgan fingerprint density at radius 2 is 0.870 bits per heavy atom. The summed E-state index contributed by atoms with van der Waals surface area (Å²) in [6, 6.07) is 74.3. The van der Waals surface area contributed by atoms with E-state index in [2.05, 4.69) is 198 Å². The maximum Gasteiger partial charge on any atom is 0.0991 e. The summed E-state index contributed by atoms with van der Waals surface area (Å²) < 4.78 is 0. The number of nitriles is 1. The van der Waals surface area contributed by atoms with E-state index < -0.39 is 0 Å². The molecule has 254 valence electrons. The molecule has 0 saturated heterocycles. The van der Waals surface area contributed by atoms with Crippen LogP contribution >= 0.6 is 0 Å². The molecule has 0 amide bonds. The molecule has 10 rings (SSSR count). The Balaban J connectivity index is 1.19. The van der Waals surface area contributed by atoms with Crippen LogP contribution in [0.2, 0.25) is 0 Å². The molecular weight excluding hydrogens is 655 g/mol. The average molecular weight is 690 g/mol. The molecule has 2 aliphatic heterocycles. The number of benzene rings is 8. The van der Waals surface area contributed by atoms with Crippen LogP contribution in [0.4, 0.5) is 28.4 Å². The van der Waals surface area contributed by atoms with Crippen molar-refractivity contribution in [3.63, 3.8) is 0 Å². The van der Waals surface area contributed by atoms with Crippen LogP contribution in [0, 0.1) is 11.3 Å². The van der Waals surface area contributed by atoms with Gasteiger partial charge in [-0.15, -0.1) is 0 Å². The fourth-order valence-electron chi connectivity index (χ4n) is 8.62. The molecule has 8 aromatic carbocycles. The summed E-state index contributed by atoms with van der Waals surface area (Å²) in [5.74, 6) is 0.0847. The van der Waals surface area contributed by atoms with E-state index in [0.29, 0.717) is 5.56 Å². The molecule has 2 unspecified atom stereocenters. The van der Waals surface area contributed by atoms with Crippen LogP contribution in [0.3, 0.4) is 0 Å². The minimum Gasteiger partial charge on any atom is -0.333 e. The lowest BCUT2D eigenvalue weighted by atomic mass is 9.84. The van der Waals surface area contributed by atoms with E-state index in [-0.39, 0.29) is 12.0 Å². The lowest BCUT2D eigenvalue weighted by molar-refractivity contribution is 0.665. The molecule has 0 N–H and O–H groups in total. The van der Waals surface area contributed by atoms with Gasteiger partial charge >= 0.3 is 0 Å². The first-order chi connectivity index (χ1) is 26.7. The second-order valence-corrected chi connectivity index (χ2v) is 14.0. The fourth-order valence-corrected chi connectivity index (χ4v) is 8.62. The van der Waals surface area contributed by atoms with Gasteiger partial charge in [-0.3, -0.25) is 0 Å². The zero-order chi connectivity index (χ0) is 36.0. The molecule has 0 fully saturated rings. The van der Waals surface area contributed by atoms with Crippen molar-refractivity contribution in [2.75, 3.05) is 9.80 Å². The van der Waals surface area contributed by atoms with Crippen LogP contribution in [0.5, 0.6) is 0 Å². The van der Waals surface area contributed by atoms with Crippen molar-refractivity contribution < 1.29 is 0 Å². The summed E-state index contributed by atoms with van der Waals surface area (Å²) in [6.45, 7) is 0. The summed E-state index contributed by atoms with van der Waals surface area (Å²) in [6.07, 6.45) is 0. The first-order valence-electron chi connectivity index (χ1n) is 18.5. The highest BCUT2D eigenvalue weighted by Crippen LogP contribution is 2.61. The first-order valence-corrected chi connectivity index (χ1v) is 18.5. The lowest BCUT2D eigenvalue weighted by Gasteiger charge is -2.32.